The smallest absolute Gasteiger partial charge is 0.434 e. The predicted octanol–water partition coefficient (Wildman–Crippen LogP) is 5.74. The Labute approximate surface area is 204 Å². The topological polar surface area (TPSA) is 106 Å². The van der Waals surface area contributed by atoms with Crippen LogP contribution in [0.2, 0.25) is 0 Å². The number of aliphatic imine (C=N–C) groups is 1. The predicted molar refractivity (Wildman–Crippen MR) is 129 cm³/mol. The molecule has 0 fully saturated rings. The number of nitrogen functional groups attached to an aromatic ring is 1. The number of benzene rings is 1. The number of pyridine rings is 1. The zero-order valence-corrected chi connectivity index (χ0v) is 20.0. The van der Waals surface area contributed by atoms with Crippen molar-refractivity contribution in [1.29, 1.82) is 0 Å². The Bertz CT molecular complexity index is 1290. The van der Waals surface area contributed by atoms with E-state index in [1.807, 2.05) is 0 Å². The molecule has 3 aromatic rings. The van der Waals surface area contributed by atoms with E-state index in [-0.39, 0.29) is 18.9 Å². The third-order valence-electron chi connectivity index (χ3n) is 5.12. The van der Waals surface area contributed by atoms with Gasteiger partial charge in [0, 0.05) is 29.3 Å². The van der Waals surface area contributed by atoms with Crippen molar-refractivity contribution in [3.05, 3.63) is 74.6 Å². The lowest BCUT2D eigenvalue weighted by Gasteiger charge is -2.11. The maximum atomic E-state index is 13.6. The summed E-state index contributed by atoms with van der Waals surface area (Å²) in [5.41, 5.74) is 8.03. The molecule has 0 aliphatic heterocycles. The van der Waals surface area contributed by atoms with Gasteiger partial charge in [-0.15, -0.1) is 0 Å². The molecule has 0 unspecified atom stereocenters. The molecule has 3 N–H and O–H groups in total. The largest absolute Gasteiger partial charge is 0.437 e. The average Bonchev–Trinajstić information content (AvgIpc) is 3.17. The number of nitrogens with zero attached hydrogens (tertiary/aromatic N) is 3. The normalized spacial score (nSPS) is 12.0. The van der Waals surface area contributed by atoms with Crippen LogP contribution < -0.4 is 11.1 Å². The molecule has 1 amide bonds. The van der Waals surface area contributed by atoms with E-state index in [4.69, 9.17) is 21.8 Å². The number of hydrogen-bond donors (Lipinski definition) is 2. The standard InChI is InChI=1S/C24H23ClF3N5O2/c1-12-7-19(29)32-14(3)17(12)11-31-23(34)21-22(24(26,27)28)33-20(35-21)10-15-5-6-18(30-4)16(9-15)8-13(2)25/h5-9H,4,10-11H2,1-3H3,(H2,29,32)(H,31,34)/b13-8+. The number of anilines is 1. The van der Waals surface area contributed by atoms with Crippen LogP contribution in [0, 0.1) is 13.8 Å². The van der Waals surface area contributed by atoms with Crippen LogP contribution in [0.3, 0.4) is 0 Å². The van der Waals surface area contributed by atoms with E-state index in [1.54, 1.807) is 51.1 Å². The van der Waals surface area contributed by atoms with Gasteiger partial charge in [-0.2, -0.15) is 13.2 Å². The lowest BCUT2D eigenvalue weighted by atomic mass is 10.1. The Balaban J connectivity index is 1.89. The molecule has 0 radical (unpaired) electrons. The van der Waals surface area contributed by atoms with Gasteiger partial charge < -0.3 is 15.5 Å². The van der Waals surface area contributed by atoms with Crippen LogP contribution in [0.1, 0.15) is 57.0 Å². The molecule has 7 nitrogen and oxygen atoms in total. The number of carbonyl (C=O) groups is 1. The van der Waals surface area contributed by atoms with E-state index < -0.39 is 23.5 Å². The van der Waals surface area contributed by atoms with Crippen molar-refractivity contribution in [2.45, 2.75) is 39.9 Å². The van der Waals surface area contributed by atoms with Crippen molar-refractivity contribution in [1.82, 2.24) is 15.3 Å². The number of carbonyl (C=O) groups excluding carboxylic acids is 1. The summed E-state index contributed by atoms with van der Waals surface area (Å²) in [5.74, 6) is -1.90. The first kappa shape index (κ1) is 26.0. The second kappa shape index (κ2) is 10.3. The fourth-order valence-corrected chi connectivity index (χ4v) is 3.67. The zero-order chi connectivity index (χ0) is 25.9. The first-order valence-corrected chi connectivity index (χ1v) is 10.8. The highest BCUT2D eigenvalue weighted by atomic mass is 35.5. The van der Waals surface area contributed by atoms with Crippen LogP contribution in [0.5, 0.6) is 0 Å². The van der Waals surface area contributed by atoms with Crippen molar-refractivity contribution in [3.63, 3.8) is 0 Å². The summed E-state index contributed by atoms with van der Waals surface area (Å²) in [7, 11) is 0. The van der Waals surface area contributed by atoms with Crippen LogP contribution >= 0.6 is 11.6 Å². The molecule has 3 rings (SSSR count). The van der Waals surface area contributed by atoms with Crippen LogP contribution in [-0.4, -0.2) is 22.6 Å². The number of allylic oxidation sites excluding steroid dienone is 1. The van der Waals surface area contributed by atoms with Gasteiger partial charge in [0.25, 0.3) is 5.91 Å². The highest BCUT2D eigenvalue weighted by molar-refractivity contribution is 6.31. The maximum absolute atomic E-state index is 13.6. The van der Waals surface area contributed by atoms with Crippen LogP contribution in [-0.2, 0) is 19.1 Å². The molecule has 2 heterocycles. The van der Waals surface area contributed by atoms with Crippen molar-refractivity contribution >= 4 is 41.8 Å². The lowest BCUT2D eigenvalue weighted by Crippen LogP contribution is -2.26. The molecule has 2 aromatic heterocycles. The Kier molecular flexibility index (Phi) is 7.64. The summed E-state index contributed by atoms with van der Waals surface area (Å²) in [6, 6.07) is 6.61. The van der Waals surface area contributed by atoms with Gasteiger partial charge in [0.15, 0.2) is 11.6 Å². The van der Waals surface area contributed by atoms with E-state index in [0.29, 0.717) is 38.9 Å². The van der Waals surface area contributed by atoms with Gasteiger partial charge in [-0.25, -0.2) is 9.97 Å². The molecule has 184 valence electrons. The Hall–Kier alpha value is -3.66. The van der Waals surface area contributed by atoms with Gasteiger partial charge in [-0.3, -0.25) is 9.79 Å². The maximum Gasteiger partial charge on any atom is 0.437 e. The van der Waals surface area contributed by atoms with Crippen molar-refractivity contribution < 1.29 is 22.4 Å². The monoisotopic (exact) mass is 505 g/mol. The fraction of sp³-hybridized carbons (Fsp3) is 0.250. The third kappa shape index (κ3) is 6.27. The summed E-state index contributed by atoms with van der Waals surface area (Å²) in [4.78, 5) is 24.3. The fourth-order valence-electron chi connectivity index (χ4n) is 3.55. The Morgan fingerprint density at radius 1 is 1.29 bits per heavy atom. The summed E-state index contributed by atoms with van der Waals surface area (Å²) in [5, 5.41) is 2.95. The molecule has 0 saturated heterocycles. The number of aryl methyl sites for hydroxylation is 2. The van der Waals surface area contributed by atoms with Crippen molar-refractivity contribution in [2.24, 2.45) is 4.99 Å². The Morgan fingerprint density at radius 2 is 2.00 bits per heavy atom. The molecule has 0 aliphatic rings. The van der Waals surface area contributed by atoms with Crippen molar-refractivity contribution in [2.75, 3.05) is 5.73 Å². The summed E-state index contributed by atoms with van der Waals surface area (Å²) < 4.78 is 46.2. The molecule has 0 saturated carbocycles. The quantitative estimate of drug-likeness (QED) is 0.398. The molecule has 0 spiro atoms. The van der Waals surface area contributed by atoms with E-state index in [1.165, 1.54) is 0 Å². The van der Waals surface area contributed by atoms with E-state index in [9.17, 15) is 18.0 Å². The highest BCUT2D eigenvalue weighted by Gasteiger charge is 2.41. The second-order valence-electron chi connectivity index (χ2n) is 7.85. The SMILES string of the molecule is C=Nc1ccc(Cc2nc(C(F)(F)F)c(C(=O)NCc3c(C)cc(N)nc3C)o2)cc1/C=C(\C)Cl. The molecular formula is C24H23ClF3N5O2. The summed E-state index contributed by atoms with van der Waals surface area (Å²) in [6.45, 7) is 8.58. The molecule has 35 heavy (non-hydrogen) atoms. The van der Waals surface area contributed by atoms with Crippen LogP contribution in [0.15, 0.2) is 38.7 Å². The zero-order valence-electron chi connectivity index (χ0n) is 19.3. The molecule has 0 atom stereocenters. The highest BCUT2D eigenvalue weighted by Crippen LogP contribution is 2.33. The first-order valence-electron chi connectivity index (χ1n) is 10.4. The van der Waals surface area contributed by atoms with Crippen LogP contribution in [0.4, 0.5) is 24.7 Å². The van der Waals surface area contributed by atoms with Crippen molar-refractivity contribution in [3.8, 4) is 0 Å². The van der Waals surface area contributed by atoms with Gasteiger partial charge in [-0.05, 0) is 68.5 Å². The number of amides is 1. The number of hydrogen-bond acceptors (Lipinski definition) is 6. The number of oxazole rings is 1. The van der Waals surface area contributed by atoms with Gasteiger partial charge in [0.2, 0.25) is 5.76 Å². The minimum absolute atomic E-state index is 0.0550. The molecule has 0 bridgehead atoms. The second-order valence-corrected chi connectivity index (χ2v) is 8.45. The summed E-state index contributed by atoms with van der Waals surface area (Å²) >= 11 is 5.95. The van der Waals surface area contributed by atoms with Crippen LogP contribution in [0.25, 0.3) is 6.08 Å². The molecular weight excluding hydrogens is 483 g/mol. The minimum Gasteiger partial charge on any atom is -0.434 e. The summed E-state index contributed by atoms with van der Waals surface area (Å²) in [6.07, 6.45) is -3.32. The number of rotatable bonds is 7. The number of halogens is 4. The number of aromatic nitrogens is 2. The van der Waals surface area contributed by atoms with Gasteiger partial charge >= 0.3 is 6.18 Å². The van der Waals surface area contributed by atoms with Gasteiger partial charge in [-0.1, -0.05) is 17.7 Å². The molecule has 0 aliphatic carbocycles. The number of alkyl halides is 3. The first-order chi connectivity index (χ1) is 16.4. The molecule has 1 aromatic carbocycles. The minimum atomic E-state index is -4.89. The number of nitrogens with two attached hydrogens (primary N) is 1. The van der Waals surface area contributed by atoms with E-state index in [0.717, 1.165) is 5.56 Å². The lowest BCUT2D eigenvalue weighted by molar-refractivity contribution is -0.141. The van der Waals surface area contributed by atoms with E-state index >= 15 is 0 Å². The Morgan fingerprint density at radius 3 is 2.60 bits per heavy atom. The number of nitrogens with one attached hydrogen (secondary N) is 1. The third-order valence-corrected chi connectivity index (χ3v) is 5.23. The van der Waals surface area contributed by atoms with Gasteiger partial charge in [0.1, 0.15) is 5.82 Å². The van der Waals surface area contributed by atoms with E-state index in [2.05, 4.69) is 27.0 Å². The average molecular weight is 506 g/mol. The molecule has 11 heteroatoms. The van der Waals surface area contributed by atoms with Gasteiger partial charge in [0.05, 0.1) is 5.69 Å².